The van der Waals surface area contributed by atoms with Crippen LogP contribution in [0, 0.1) is 0 Å². The first-order chi connectivity index (χ1) is 12.0. The first-order valence-electron chi connectivity index (χ1n) is 7.46. The summed E-state index contributed by atoms with van der Waals surface area (Å²) in [5.74, 6) is -0.147. The number of rotatable bonds is 5. The Morgan fingerprint density at radius 3 is 2.48 bits per heavy atom. The normalized spacial score (nSPS) is 10.5. The second-order valence-electron chi connectivity index (χ2n) is 5.26. The van der Waals surface area contributed by atoms with E-state index in [1.807, 2.05) is 6.07 Å². The number of hydrogen-bond acceptors (Lipinski definition) is 3. The standard InChI is InChI=1S/C19H13Cl2NO3/c20-13-6-7-15(21)14(10-13)17-8-9-18(25-17)19(24)22-11-16(23)12-4-2-1-3-5-12/h1-10H,11H2,(H,22,24). The summed E-state index contributed by atoms with van der Waals surface area (Å²) in [5.41, 5.74) is 1.13. The largest absolute Gasteiger partial charge is 0.451 e. The zero-order valence-electron chi connectivity index (χ0n) is 13.0. The van der Waals surface area contributed by atoms with E-state index in [0.29, 0.717) is 26.9 Å². The highest BCUT2D eigenvalue weighted by molar-refractivity contribution is 6.35. The molecule has 2 aromatic carbocycles. The molecule has 0 atom stereocenters. The van der Waals surface area contributed by atoms with Crippen molar-refractivity contribution in [3.05, 3.63) is 82.0 Å². The van der Waals surface area contributed by atoms with Gasteiger partial charge in [-0.1, -0.05) is 53.5 Å². The molecule has 3 rings (SSSR count). The Bertz CT molecular complexity index is 919. The fourth-order valence-electron chi connectivity index (χ4n) is 2.26. The average Bonchev–Trinajstić information content (AvgIpc) is 3.12. The molecule has 3 aromatic rings. The number of nitrogens with one attached hydrogen (secondary N) is 1. The molecule has 0 saturated carbocycles. The predicted molar refractivity (Wildman–Crippen MR) is 97.3 cm³/mol. The van der Waals surface area contributed by atoms with Gasteiger partial charge in [0.05, 0.1) is 11.6 Å². The number of amides is 1. The van der Waals surface area contributed by atoms with Crippen LogP contribution in [0.1, 0.15) is 20.9 Å². The van der Waals surface area contributed by atoms with Gasteiger partial charge in [-0.25, -0.2) is 0 Å². The van der Waals surface area contributed by atoms with Crippen molar-refractivity contribution in [2.24, 2.45) is 0 Å². The summed E-state index contributed by atoms with van der Waals surface area (Å²) < 4.78 is 5.54. The van der Waals surface area contributed by atoms with E-state index in [9.17, 15) is 9.59 Å². The number of benzene rings is 2. The molecule has 0 fully saturated rings. The smallest absolute Gasteiger partial charge is 0.287 e. The molecule has 4 nitrogen and oxygen atoms in total. The van der Waals surface area contributed by atoms with Gasteiger partial charge in [0.2, 0.25) is 0 Å². The Kier molecular flexibility index (Phi) is 5.22. The molecule has 1 heterocycles. The van der Waals surface area contributed by atoms with Gasteiger partial charge in [0.1, 0.15) is 5.76 Å². The monoisotopic (exact) mass is 373 g/mol. The maximum Gasteiger partial charge on any atom is 0.287 e. The Balaban J connectivity index is 1.69. The van der Waals surface area contributed by atoms with Crippen LogP contribution in [0.4, 0.5) is 0 Å². The van der Waals surface area contributed by atoms with E-state index in [2.05, 4.69) is 5.32 Å². The van der Waals surface area contributed by atoms with E-state index in [1.54, 1.807) is 48.5 Å². The predicted octanol–water partition coefficient (Wildman–Crippen LogP) is 4.87. The first-order valence-corrected chi connectivity index (χ1v) is 8.22. The fraction of sp³-hybridized carbons (Fsp3) is 0.0526. The zero-order chi connectivity index (χ0) is 17.8. The second kappa shape index (κ2) is 7.55. The van der Waals surface area contributed by atoms with Crippen LogP contribution < -0.4 is 5.32 Å². The lowest BCUT2D eigenvalue weighted by Gasteiger charge is -2.04. The van der Waals surface area contributed by atoms with E-state index in [0.717, 1.165) is 0 Å². The molecule has 25 heavy (non-hydrogen) atoms. The highest BCUT2D eigenvalue weighted by atomic mass is 35.5. The molecule has 6 heteroatoms. The van der Waals surface area contributed by atoms with E-state index in [1.165, 1.54) is 6.07 Å². The number of carbonyl (C=O) groups excluding carboxylic acids is 2. The summed E-state index contributed by atoms with van der Waals surface area (Å²) in [6, 6.07) is 16.9. The Morgan fingerprint density at radius 1 is 0.960 bits per heavy atom. The SMILES string of the molecule is O=C(CNC(=O)c1ccc(-c2cc(Cl)ccc2Cl)o1)c1ccccc1. The van der Waals surface area contributed by atoms with Crippen molar-refractivity contribution in [2.75, 3.05) is 6.54 Å². The second-order valence-corrected chi connectivity index (χ2v) is 6.10. The van der Waals surface area contributed by atoms with Crippen molar-refractivity contribution in [1.82, 2.24) is 5.32 Å². The van der Waals surface area contributed by atoms with Crippen LogP contribution in [0.3, 0.4) is 0 Å². The number of Topliss-reactive ketones (excluding diaryl/α,β-unsaturated/α-hetero) is 1. The van der Waals surface area contributed by atoms with E-state index < -0.39 is 5.91 Å². The molecule has 0 unspecified atom stereocenters. The molecule has 0 aliphatic carbocycles. The lowest BCUT2D eigenvalue weighted by atomic mass is 10.1. The number of halogens is 2. The lowest BCUT2D eigenvalue weighted by molar-refractivity contribution is 0.0886. The van der Waals surface area contributed by atoms with Crippen molar-refractivity contribution in [1.29, 1.82) is 0 Å². The molecule has 0 aliphatic rings. The third kappa shape index (κ3) is 4.10. The highest BCUT2D eigenvalue weighted by Gasteiger charge is 2.15. The molecule has 0 aliphatic heterocycles. The van der Waals surface area contributed by atoms with Gasteiger partial charge in [-0.3, -0.25) is 9.59 Å². The van der Waals surface area contributed by atoms with Crippen molar-refractivity contribution in [3.8, 4) is 11.3 Å². The molecule has 0 radical (unpaired) electrons. The lowest BCUT2D eigenvalue weighted by Crippen LogP contribution is -2.29. The van der Waals surface area contributed by atoms with Gasteiger partial charge in [-0.2, -0.15) is 0 Å². The van der Waals surface area contributed by atoms with Crippen LogP contribution in [0.15, 0.2) is 65.1 Å². The number of furan rings is 1. The summed E-state index contributed by atoms with van der Waals surface area (Å²) in [6.07, 6.45) is 0. The molecule has 1 amide bonds. The van der Waals surface area contributed by atoms with Crippen molar-refractivity contribution in [2.45, 2.75) is 0 Å². The van der Waals surface area contributed by atoms with Gasteiger partial charge in [0.25, 0.3) is 5.91 Å². The Labute approximate surface area is 154 Å². The third-order valence-electron chi connectivity index (χ3n) is 3.53. The average molecular weight is 374 g/mol. The molecule has 1 N–H and O–H groups in total. The number of ketones is 1. The van der Waals surface area contributed by atoms with Gasteiger partial charge in [-0.05, 0) is 30.3 Å². The van der Waals surface area contributed by atoms with Crippen molar-refractivity contribution in [3.63, 3.8) is 0 Å². The molecule has 1 aromatic heterocycles. The molecule has 0 bridgehead atoms. The van der Waals surface area contributed by atoms with Gasteiger partial charge in [0, 0.05) is 16.1 Å². The summed E-state index contributed by atoms with van der Waals surface area (Å²) in [5, 5.41) is 3.52. The van der Waals surface area contributed by atoms with Crippen LogP contribution in [-0.4, -0.2) is 18.2 Å². The Morgan fingerprint density at radius 2 is 1.72 bits per heavy atom. The van der Waals surface area contributed by atoms with E-state index in [-0.39, 0.29) is 18.1 Å². The van der Waals surface area contributed by atoms with Crippen LogP contribution in [0.25, 0.3) is 11.3 Å². The van der Waals surface area contributed by atoms with Crippen molar-refractivity contribution >= 4 is 34.9 Å². The first kappa shape index (κ1) is 17.3. The van der Waals surface area contributed by atoms with Gasteiger partial charge in [-0.15, -0.1) is 0 Å². The van der Waals surface area contributed by atoms with Gasteiger partial charge < -0.3 is 9.73 Å². The van der Waals surface area contributed by atoms with Crippen LogP contribution >= 0.6 is 23.2 Å². The van der Waals surface area contributed by atoms with E-state index >= 15 is 0 Å². The topological polar surface area (TPSA) is 59.3 Å². The van der Waals surface area contributed by atoms with Crippen LogP contribution in [-0.2, 0) is 0 Å². The quantitative estimate of drug-likeness (QED) is 0.649. The summed E-state index contributed by atoms with van der Waals surface area (Å²) in [4.78, 5) is 24.2. The molecule has 0 spiro atoms. The number of carbonyl (C=O) groups is 2. The molecule has 0 saturated heterocycles. The fourth-order valence-corrected chi connectivity index (χ4v) is 2.65. The minimum absolute atomic E-state index is 0.0897. The summed E-state index contributed by atoms with van der Waals surface area (Å²) in [7, 11) is 0. The van der Waals surface area contributed by atoms with Gasteiger partial charge in [0.15, 0.2) is 11.5 Å². The van der Waals surface area contributed by atoms with Crippen molar-refractivity contribution < 1.29 is 14.0 Å². The number of hydrogen-bond donors (Lipinski definition) is 1. The molecule has 126 valence electrons. The van der Waals surface area contributed by atoms with Gasteiger partial charge >= 0.3 is 0 Å². The zero-order valence-corrected chi connectivity index (χ0v) is 14.5. The maximum atomic E-state index is 12.2. The van der Waals surface area contributed by atoms with Crippen LogP contribution in [0.2, 0.25) is 10.0 Å². The maximum absolute atomic E-state index is 12.2. The van der Waals surface area contributed by atoms with E-state index in [4.69, 9.17) is 27.6 Å². The van der Waals surface area contributed by atoms with Crippen LogP contribution in [0.5, 0.6) is 0 Å². The third-order valence-corrected chi connectivity index (χ3v) is 4.09. The Hall–Kier alpha value is -2.56. The summed E-state index contributed by atoms with van der Waals surface area (Å²) in [6.45, 7) is -0.114. The highest BCUT2D eigenvalue weighted by Crippen LogP contribution is 2.31. The minimum atomic E-state index is -0.478. The molecular weight excluding hydrogens is 361 g/mol. The minimum Gasteiger partial charge on any atom is -0.451 e. The summed E-state index contributed by atoms with van der Waals surface area (Å²) >= 11 is 12.1. The molecular formula is C19H13Cl2NO3.